The minimum Gasteiger partial charge on any atom is -0.384 e. The summed E-state index contributed by atoms with van der Waals surface area (Å²) in [6.07, 6.45) is 6.14. The summed E-state index contributed by atoms with van der Waals surface area (Å²) in [7, 11) is 0. The largest absolute Gasteiger partial charge is 0.384 e. The zero-order valence-electron chi connectivity index (χ0n) is 19.5. The summed E-state index contributed by atoms with van der Waals surface area (Å²) in [6, 6.07) is 7.79. The van der Waals surface area contributed by atoms with E-state index in [1.165, 1.54) is 23.3 Å². The number of imide groups is 1. The highest BCUT2D eigenvalue weighted by Crippen LogP contribution is 2.17. The summed E-state index contributed by atoms with van der Waals surface area (Å²) in [5.41, 5.74) is 7.74. The topological polar surface area (TPSA) is 137 Å². The van der Waals surface area contributed by atoms with Crippen LogP contribution in [-0.4, -0.2) is 42.2 Å². The molecule has 0 bridgehead atoms. The van der Waals surface area contributed by atoms with Crippen molar-refractivity contribution >= 4 is 34.9 Å². The first-order chi connectivity index (χ1) is 16.4. The van der Waals surface area contributed by atoms with Crippen LogP contribution in [0.3, 0.4) is 0 Å². The van der Waals surface area contributed by atoms with Gasteiger partial charge in [-0.15, -0.1) is 11.3 Å². The fourth-order valence-corrected chi connectivity index (χ4v) is 4.82. The SMILES string of the molecule is CCCCCc1ccc(C(=O)N[C@@H](Cc2cc(C(=N)N)cs2)C(=O)NC(=O)[C@@H]2CCCN2)cc1. The summed E-state index contributed by atoms with van der Waals surface area (Å²) in [5, 5.41) is 17.6. The third-order valence-corrected chi connectivity index (χ3v) is 6.86. The van der Waals surface area contributed by atoms with E-state index in [1.807, 2.05) is 12.1 Å². The van der Waals surface area contributed by atoms with Crippen molar-refractivity contribution in [3.05, 3.63) is 57.3 Å². The smallest absolute Gasteiger partial charge is 0.251 e. The number of hydrogen-bond acceptors (Lipinski definition) is 6. The molecular formula is C25H33N5O3S. The van der Waals surface area contributed by atoms with Gasteiger partial charge in [-0.05, 0) is 56.0 Å². The van der Waals surface area contributed by atoms with Crippen LogP contribution >= 0.6 is 11.3 Å². The number of thiophene rings is 1. The summed E-state index contributed by atoms with van der Waals surface area (Å²) in [6.45, 7) is 2.90. The molecule has 8 nitrogen and oxygen atoms in total. The van der Waals surface area contributed by atoms with E-state index in [0.29, 0.717) is 17.5 Å². The van der Waals surface area contributed by atoms with Crippen LogP contribution in [-0.2, 0) is 22.4 Å². The van der Waals surface area contributed by atoms with Gasteiger partial charge < -0.3 is 16.4 Å². The first-order valence-corrected chi connectivity index (χ1v) is 12.6. The van der Waals surface area contributed by atoms with Crippen molar-refractivity contribution in [2.75, 3.05) is 6.54 Å². The maximum absolute atomic E-state index is 13.0. The van der Waals surface area contributed by atoms with E-state index in [0.717, 1.165) is 37.1 Å². The Kier molecular flexibility index (Phi) is 9.35. The number of nitrogens with one attached hydrogen (secondary N) is 4. The Morgan fingerprint density at radius 1 is 1.21 bits per heavy atom. The summed E-state index contributed by atoms with van der Waals surface area (Å²) >= 11 is 1.35. The Hall–Kier alpha value is -3.04. The molecule has 9 heteroatoms. The Morgan fingerprint density at radius 2 is 1.97 bits per heavy atom. The molecule has 0 unspecified atom stereocenters. The molecule has 1 fully saturated rings. The second kappa shape index (κ2) is 12.4. The normalized spacial score (nSPS) is 16.1. The molecule has 3 amide bonds. The van der Waals surface area contributed by atoms with E-state index in [-0.39, 0.29) is 24.1 Å². The number of amidine groups is 1. The lowest BCUT2D eigenvalue weighted by Crippen LogP contribution is -2.52. The molecule has 2 atom stereocenters. The number of carbonyl (C=O) groups is 3. The van der Waals surface area contributed by atoms with Gasteiger partial charge in [0.25, 0.3) is 5.91 Å². The Balaban J connectivity index is 1.69. The molecule has 34 heavy (non-hydrogen) atoms. The lowest BCUT2D eigenvalue weighted by Gasteiger charge is -2.19. The van der Waals surface area contributed by atoms with Crippen LogP contribution in [0.2, 0.25) is 0 Å². The average molecular weight is 484 g/mol. The molecule has 1 aliphatic heterocycles. The van der Waals surface area contributed by atoms with Gasteiger partial charge in [-0.2, -0.15) is 0 Å². The minimum atomic E-state index is -0.944. The van der Waals surface area contributed by atoms with E-state index in [1.54, 1.807) is 23.6 Å². The molecule has 182 valence electrons. The molecule has 1 aromatic heterocycles. The summed E-state index contributed by atoms with van der Waals surface area (Å²) in [5.74, 6) is -1.38. The van der Waals surface area contributed by atoms with Crippen molar-refractivity contribution in [1.29, 1.82) is 5.41 Å². The monoisotopic (exact) mass is 483 g/mol. The van der Waals surface area contributed by atoms with Crippen molar-refractivity contribution in [3.63, 3.8) is 0 Å². The summed E-state index contributed by atoms with van der Waals surface area (Å²) in [4.78, 5) is 39.2. The second-order valence-electron chi connectivity index (χ2n) is 8.60. The number of amides is 3. The van der Waals surface area contributed by atoms with E-state index in [2.05, 4.69) is 22.9 Å². The van der Waals surface area contributed by atoms with Crippen molar-refractivity contribution in [1.82, 2.24) is 16.0 Å². The van der Waals surface area contributed by atoms with Gasteiger partial charge >= 0.3 is 0 Å². The van der Waals surface area contributed by atoms with E-state index < -0.39 is 18.0 Å². The molecule has 6 N–H and O–H groups in total. The molecule has 0 aliphatic carbocycles. The second-order valence-corrected chi connectivity index (χ2v) is 9.60. The average Bonchev–Trinajstić information content (AvgIpc) is 3.52. The van der Waals surface area contributed by atoms with Crippen LogP contribution in [0.1, 0.15) is 65.4 Å². The van der Waals surface area contributed by atoms with Gasteiger partial charge in [0.15, 0.2) is 0 Å². The molecule has 1 aromatic carbocycles. The molecule has 2 heterocycles. The van der Waals surface area contributed by atoms with E-state index in [4.69, 9.17) is 11.1 Å². The Labute approximate surface area is 204 Å². The van der Waals surface area contributed by atoms with Gasteiger partial charge in [0.2, 0.25) is 11.8 Å². The number of nitrogen functional groups attached to an aromatic ring is 1. The van der Waals surface area contributed by atoms with Crippen LogP contribution in [0.5, 0.6) is 0 Å². The molecule has 1 saturated heterocycles. The fourth-order valence-electron chi connectivity index (χ4n) is 3.89. The number of aryl methyl sites for hydroxylation is 1. The van der Waals surface area contributed by atoms with Crippen LogP contribution in [0.15, 0.2) is 35.7 Å². The number of nitrogens with two attached hydrogens (primary N) is 1. The number of unbranched alkanes of at least 4 members (excludes halogenated alkanes) is 2. The van der Waals surface area contributed by atoms with Crippen LogP contribution in [0.4, 0.5) is 0 Å². The van der Waals surface area contributed by atoms with Gasteiger partial charge in [-0.25, -0.2) is 0 Å². The molecule has 0 saturated carbocycles. The molecule has 0 radical (unpaired) electrons. The standard InChI is InChI=1S/C25H33N5O3S/c1-2-3-4-6-16-8-10-17(11-9-16)23(31)29-21(14-19-13-18(15-34-19)22(26)27)25(33)30-24(32)20-7-5-12-28-20/h8-11,13,15,20-21,28H,2-7,12,14H2,1H3,(H3,26,27)(H,29,31)(H,30,32,33)/t20-,21-/m0/s1. The Bertz CT molecular complexity index is 1010. The third kappa shape index (κ3) is 7.23. The fraction of sp³-hybridized carbons (Fsp3) is 0.440. The van der Waals surface area contributed by atoms with Crippen molar-refractivity contribution < 1.29 is 14.4 Å². The van der Waals surface area contributed by atoms with Gasteiger partial charge in [0.05, 0.1) is 6.04 Å². The van der Waals surface area contributed by atoms with Gasteiger partial charge in [-0.3, -0.25) is 25.1 Å². The quantitative estimate of drug-likeness (QED) is 0.190. The third-order valence-electron chi connectivity index (χ3n) is 5.90. The van der Waals surface area contributed by atoms with E-state index >= 15 is 0 Å². The van der Waals surface area contributed by atoms with Crippen LogP contribution in [0.25, 0.3) is 0 Å². The number of carbonyl (C=O) groups excluding carboxylic acids is 3. The highest BCUT2D eigenvalue weighted by atomic mass is 32.1. The lowest BCUT2D eigenvalue weighted by atomic mass is 10.0. The van der Waals surface area contributed by atoms with Crippen LogP contribution < -0.4 is 21.7 Å². The van der Waals surface area contributed by atoms with Gasteiger partial charge in [0, 0.05) is 27.8 Å². The van der Waals surface area contributed by atoms with E-state index in [9.17, 15) is 14.4 Å². The van der Waals surface area contributed by atoms with Crippen molar-refractivity contribution in [3.8, 4) is 0 Å². The molecule has 3 rings (SSSR count). The zero-order chi connectivity index (χ0) is 24.5. The molecule has 2 aromatic rings. The van der Waals surface area contributed by atoms with Gasteiger partial charge in [0.1, 0.15) is 11.9 Å². The predicted octanol–water partition coefficient (Wildman–Crippen LogP) is 2.50. The molecule has 0 spiro atoms. The molecular weight excluding hydrogens is 450 g/mol. The van der Waals surface area contributed by atoms with Gasteiger partial charge in [-0.1, -0.05) is 31.9 Å². The summed E-state index contributed by atoms with van der Waals surface area (Å²) < 4.78 is 0. The first-order valence-electron chi connectivity index (χ1n) is 11.8. The first kappa shape index (κ1) is 25.6. The van der Waals surface area contributed by atoms with Crippen LogP contribution in [0, 0.1) is 5.41 Å². The highest BCUT2D eigenvalue weighted by Gasteiger charge is 2.28. The number of rotatable bonds is 11. The number of hydrogen-bond donors (Lipinski definition) is 5. The lowest BCUT2D eigenvalue weighted by molar-refractivity contribution is -0.132. The maximum atomic E-state index is 13.0. The maximum Gasteiger partial charge on any atom is 0.251 e. The zero-order valence-corrected chi connectivity index (χ0v) is 20.3. The highest BCUT2D eigenvalue weighted by molar-refractivity contribution is 7.10. The Morgan fingerprint density at radius 3 is 2.59 bits per heavy atom. The van der Waals surface area contributed by atoms with Crippen molar-refractivity contribution in [2.45, 2.75) is 64.0 Å². The van der Waals surface area contributed by atoms with Crippen molar-refractivity contribution in [2.24, 2.45) is 5.73 Å². The minimum absolute atomic E-state index is 0.0611. The predicted molar refractivity (Wildman–Crippen MR) is 134 cm³/mol. The molecule has 1 aliphatic rings. The number of benzene rings is 1.